The van der Waals surface area contributed by atoms with E-state index in [2.05, 4.69) is 24.1 Å². The Bertz CT molecular complexity index is 371. The van der Waals surface area contributed by atoms with Crippen LogP contribution < -0.4 is 5.32 Å². The molecule has 0 bridgehead atoms. The minimum absolute atomic E-state index is 0.340. The van der Waals surface area contributed by atoms with Crippen molar-refractivity contribution in [1.82, 2.24) is 4.98 Å². The van der Waals surface area contributed by atoms with E-state index < -0.39 is 5.60 Å². The maximum atomic E-state index is 12.2. The van der Waals surface area contributed by atoms with Gasteiger partial charge in [0, 0.05) is 6.20 Å². The van der Waals surface area contributed by atoms with E-state index in [9.17, 15) is 9.90 Å². The maximum absolute atomic E-state index is 12.2. The van der Waals surface area contributed by atoms with Gasteiger partial charge in [-0.15, -0.1) is 0 Å². The molecule has 0 aliphatic carbocycles. The number of amides is 1. The molecule has 0 spiro atoms. The molecule has 1 aromatic rings. The first-order valence-corrected chi connectivity index (χ1v) is 7.07. The third kappa shape index (κ3) is 4.99. The Morgan fingerprint density at radius 3 is 2.37 bits per heavy atom. The van der Waals surface area contributed by atoms with Crippen LogP contribution in [0.5, 0.6) is 0 Å². The van der Waals surface area contributed by atoms with Crippen molar-refractivity contribution in [1.29, 1.82) is 0 Å². The standard InChI is InChI=1S/C15H24N2O2/c1-3-5-10-15(19,11-6-4-2)14(18)17-13-9-7-8-12-16-13/h7-9,12,19H,3-6,10-11H2,1-2H3,(H,16,17,18). The van der Waals surface area contributed by atoms with Gasteiger partial charge in [0.05, 0.1) is 0 Å². The summed E-state index contributed by atoms with van der Waals surface area (Å²) in [7, 11) is 0. The minimum Gasteiger partial charge on any atom is -0.380 e. The highest BCUT2D eigenvalue weighted by molar-refractivity contribution is 5.96. The van der Waals surface area contributed by atoms with Gasteiger partial charge in [0.15, 0.2) is 0 Å². The van der Waals surface area contributed by atoms with Crippen LogP contribution in [0.1, 0.15) is 52.4 Å². The summed E-state index contributed by atoms with van der Waals surface area (Å²) >= 11 is 0. The lowest BCUT2D eigenvalue weighted by molar-refractivity contribution is -0.135. The molecule has 1 rings (SSSR count). The molecule has 0 atom stereocenters. The van der Waals surface area contributed by atoms with Crippen molar-refractivity contribution in [3.05, 3.63) is 24.4 Å². The molecule has 0 unspecified atom stereocenters. The fourth-order valence-electron chi connectivity index (χ4n) is 1.96. The van der Waals surface area contributed by atoms with Crippen LogP contribution in [0.3, 0.4) is 0 Å². The second-order valence-electron chi connectivity index (χ2n) is 4.91. The number of anilines is 1. The molecule has 4 nitrogen and oxygen atoms in total. The highest BCUT2D eigenvalue weighted by Gasteiger charge is 2.34. The summed E-state index contributed by atoms with van der Waals surface area (Å²) in [6.45, 7) is 4.10. The Labute approximate surface area is 115 Å². The number of carbonyl (C=O) groups is 1. The van der Waals surface area contributed by atoms with Gasteiger partial charge in [0.25, 0.3) is 5.91 Å². The average molecular weight is 264 g/mol. The summed E-state index contributed by atoms with van der Waals surface area (Å²) in [5.41, 5.74) is -1.27. The van der Waals surface area contributed by atoms with E-state index in [-0.39, 0.29) is 5.91 Å². The second kappa shape index (κ2) is 7.89. The van der Waals surface area contributed by atoms with Crippen molar-refractivity contribution < 1.29 is 9.90 Å². The molecule has 1 heterocycles. The van der Waals surface area contributed by atoms with Gasteiger partial charge < -0.3 is 10.4 Å². The summed E-state index contributed by atoms with van der Waals surface area (Å²) in [5.74, 6) is 0.145. The molecule has 2 N–H and O–H groups in total. The minimum atomic E-state index is -1.27. The van der Waals surface area contributed by atoms with Crippen molar-refractivity contribution in [2.75, 3.05) is 5.32 Å². The Balaban J connectivity index is 2.70. The molecule has 0 fully saturated rings. The van der Waals surface area contributed by atoms with Gasteiger partial charge in [-0.05, 0) is 25.0 Å². The molecule has 0 radical (unpaired) electrons. The normalized spacial score (nSPS) is 11.3. The van der Waals surface area contributed by atoms with Crippen molar-refractivity contribution in [2.24, 2.45) is 0 Å². The van der Waals surface area contributed by atoms with E-state index in [1.54, 1.807) is 24.4 Å². The van der Waals surface area contributed by atoms with E-state index in [1.165, 1.54) is 0 Å². The fraction of sp³-hybridized carbons (Fsp3) is 0.600. The van der Waals surface area contributed by atoms with Gasteiger partial charge in [-0.3, -0.25) is 4.79 Å². The monoisotopic (exact) mass is 264 g/mol. The smallest absolute Gasteiger partial charge is 0.257 e. The van der Waals surface area contributed by atoms with Crippen LogP contribution in [0.15, 0.2) is 24.4 Å². The van der Waals surface area contributed by atoms with Gasteiger partial charge in [0.2, 0.25) is 0 Å². The predicted octanol–water partition coefficient (Wildman–Crippen LogP) is 3.13. The van der Waals surface area contributed by atoms with Gasteiger partial charge in [-0.25, -0.2) is 4.98 Å². The molecule has 0 aromatic carbocycles. The number of unbranched alkanes of at least 4 members (excludes halogenated alkanes) is 2. The topological polar surface area (TPSA) is 62.2 Å². The summed E-state index contributed by atoms with van der Waals surface area (Å²) in [6, 6.07) is 5.31. The van der Waals surface area contributed by atoms with Crippen molar-refractivity contribution in [2.45, 2.75) is 58.0 Å². The van der Waals surface area contributed by atoms with Crippen LogP contribution in [-0.4, -0.2) is 21.6 Å². The molecule has 0 aliphatic heterocycles. The number of aromatic nitrogens is 1. The zero-order valence-electron chi connectivity index (χ0n) is 11.9. The van der Waals surface area contributed by atoms with Crippen LogP contribution >= 0.6 is 0 Å². The highest BCUT2D eigenvalue weighted by Crippen LogP contribution is 2.23. The van der Waals surface area contributed by atoms with Gasteiger partial charge in [0.1, 0.15) is 11.4 Å². The number of nitrogens with zero attached hydrogens (tertiary/aromatic N) is 1. The first-order chi connectivity index (χ1) is 9.12. The van der Waals surface area contributed by atoms with Gasteiger partial charge in [-0.2, -0.15) is 0 Å². The molecule has 106 valence electrons. The number of carbonyl (C=O) groups excluding carboxylic acids is 1. The van der Waals surface area contributed by atoms with E-state index in [0.717, 1.165) is 25.7 Å². The lowest BCUT2D eigenvalue weighted by atomic mass is 9.90. The summed E-state index contributed by atoms with van der Waals surface area (Å²) in [6.07, 6.45) is 6.24. The fourth-order valence-corrected chi connectivity index (χ4v) is 1.96. The maximum Gasteiger partial charge on any atom is 0.257 e. The third-order valence-corrected chi connectivity index (χ3v) is 3.22. The number of hydrogen-bond donors (Lipinski definition) is 2. The molecule has 1 aromatic heterocycles. The number of hydrogen-bond acceptors (Lipinski definition) is 3. The molecular weight excluding hydrogens is 240 g/mol. The summed E-state index contributed by atoms with van der Waals surface area (Å²) in [5, 5.41) is 13.3. The zero-order chi connectivity index (χ0) is 14.1. The molecule has 0 aliphatic rings. The largest absolute Gasteiger partial charge is 0.380 e. The van der Waals surface area contributed by atoms with Crippen molar-refractivity contribution in [3.8, 4) is 0 Å². The molecule has 1 amide bonds. The molecular formula is C15H24N2O2. The van der Waals surface area contributed by atoms with Gasteiger partial charge in [-0.1, -0.05) is 45.6 Å². The quantitative estimate of drug-likeness (QED) is 0.758. The van der Waals surface area contributed by atoms with Crippen molar-refractivity contribution in [3.63, 3.8) is 0 Å². The van der Waals surface area contributed by atoms with E-state index in [1.807, 2.05) is 0 Å². The van der Waals surface area contributed by atoms with E-state index in [0.29, 0.717) is 18.7 Å². The van der Waals surface area contributed by atoms with E-state index in [4.69, 9.17) is 0 Å². The number of pyridine rings is 1. The number of rotatable bonds is 8. The first-order valence-electron chi connectivity index (χ1n) is 7.07. The lowest BCUT2D eigenvalue weighted by Crippen LogP contribution is -2.43. The van der Waals surface area contributed by atoms with Crippen LogP contribution in [0.25, 0.3) is 0 Å². The van der Waals surface area contributed by atoms with E-state index >= 15 is 0 Å². The van der Waals surface area contributed by atoms with Crippen LogP contribution in [0, 0.1) is 0 Å². The number of aliphatic hydroxyl groups is 1. The molecule has 0 saturated carbocycles. The molecule has 19 heavy (non-hydrogen) atoms. The Morgan fingerprint density at radius 1 is 1.26 bits per heavy atom. The lowest BCUT2D eigenvalue weighted by Gasteiger charge is -2.26. The predicted molar refractivity (Wildman–Crippen MR) is 76.9 cm³/mol. The first kappa shape index (κ1) is 15.6. The zero-order valence-corrected chi connectivity index (χ0v) is 11.9. The third-order valence-electron chi connectivity index (χ3n) is 3.22. The number of nitrogens with one attached hydrogen (secondary N) is 1. The molecule has 0 saturated heterocycles. The highest BCUT2D eigenvalue weighted by atomic mass is 16.3. The summed E-state index contributed by atoms with van der Waals surface area (Å²) < 4.78 is 0. The summed E-state index contributed by atoms with van der Waals surface area (Å²) in [4.78, 5) is 16.3. The SMILES string of the molecule is CCCCC(O)(CCCC)C(=O)Nc1ccccn1. The Kier molecular flexibility index (Phi) is 6.50. The van der Waals surface area contributed by atoms with Gasteiger partial charge >= 0.3 is 0 Å². The Morgan fingerprint density at radius 2 is 1.89 bits per heavy atom. The average Bonchev–Trinajstić information content (AvgIpc) is 2.44. The van der Waals surface area contributed by atoms with Crippen LogP contribution in [0.4, 0.5) is 5.82 Å². The molecule has 4 heteroatoms. The van der Waals surface area contributed by atoms with Crippen molar-refractivity contribution >= 4 is 11.7 Å². The second-order valence-corrected chi connectivity index (χ2v) is 4.91. The van der Waals surface area contributed by atoms with Crippen LogP contribution in [0.2, 0.25) is 0 Å². The van der Waals surface area contributed by atoms with Crippen LogP contribution in [-0.2, 0) is 4.79 Å². The Hall–Kier alpha value is -1.42.